The number of carbonyl (C=O) groups excluding carboxylic acids is 1. The molecule has 1 aromatic carbocycles. The molecule has 1 saturated carbocycles. The molecule has 0 unspecified atom stereocenters. The Morgan fingerprint density at radius 3 is 2.70 bits per heavy atom. The van der Waals surface area contributed by atoms with Crippen molar-refractivity contribution in [1.82, 2.24) is 10.3 Å². The molecule has 3 N–H and O–H groups in total. The molecule has 1 fully saturated rings. The minimum atomic E-state index is -0.930. The Balaban J connectivity index is 1.60. The summed E-state index contributed by atoms with van der Waals surface area (Å²) in [6.07, 6.45) is 6.34. The molecule has 0 amide bonds. The molecule has 2 aromatic rings. The molecule has 1 heterocycles. The van der Waals surface area contributed by atoms with E-state index in [-0.39, 0.29) is 12.3 Å². The lowest BCUT2D eigenvalue weighted by Crippen LogP contribution is -2.50. The lowest BCUT2D eigenvalue weighted by atomic mass is 9.89. The van der Waals surface area contributed by atoms with Gasteiger partial charge in [0, 0.05) is 6.54 Å². The van der Waals surface area contributed by atoms with Crippen LogP contribution in [0.15, 0.2) is 34.7 Å². The van der Waals surface area contributed by atoms with Gasteiger partial charge in [-0.3, -0.25) is 5.32 Å². The number of benzene rings is 1. The van der Waals surface area contributed by atoms with Crippen molar-refractivity contribution < 1.29 is 13.9 Å². The zero-order valence-corrected chi connectivity index (χ0v) is 16.2. The summed E-state index contributed by atoms with van der Waals surface area (Å²) in [4.78, 5) is 16.7. The number of carbonyl (C=O) groups is 1. The molecule has 1 aliphatic rings. The highest BCUT2D eigenvalue weighted by molar-refractivity contribution is 5.88. The number of hydrogen-bond acceptors (Lipinski definition) is 6. The number of aryl methyl sites for hydroxylation is 1. The van der Waals surface area contributed by atoms with Crippen LogP contribution >= 0.6 is 0 Å². The lowest BCUT2D eigenvalue weighted by Gasteiger charge is -2.28. The Morgan fingerprint density at radius 1 is 1.30 bits per heavy atom. The number of ether oxygens (including phenoxy) is 1. The molecule has 6 nitrogen and oxygen atoms in total. The summed E-state index contributed by atoms with van der Waals surface area (Å²) in [6, 6.07) is 9.53. The quantitative estimate of drug-likeness (QED) is 0.570. The maximum atomic E-state index is 12.4. The molecule has 0 saturated heterocycles. The van der Waals surface area contributed by atoms with Gasteiger partial charge in [0.2, 0.25) is 5.89 Å². The van der Waals surface area contributed by atoms with Crippen LogP contribution in [0.2, 0.25) is 0 Å². The molecule has 0 radical (unpaired) electrons. The smallest absolute Gasteiger partial charge is 0.360 e. The average molecular weight is 371 g/mol. The van der Waals surface area contributed by atoms with Crippen LogP contribution in [0.3, 0.4) is 0 Å². The van der Waals surface area contributed by atoms with E-state index in [1.165, 1.54) is 32.1 Å². The second-order valence-corrected chi connectivity index (χ2v) is 7.57. The first kappa shape index (κ1) is 19.6. The topological polar surface area (TPSA) is 90.4 Å². The minimum absolute atomic E-state index is 0.178. The Morgan fingerprint density at radius 2 is 2.00 bits per heavy atom. The maximum Gasteiger partial charge on any atom is 0.360 e. The highest BCUT2D eigenvalue weighted by Crippen LogP contribution is 2.25. The second kappa shape index (κ2) is 8.67. The van der Waals surface area contributed by atoms with Gasteiger partial charge in [-0.05, 0) is 38.2 Å². The van der Waals surface area contributed by atoms with Crippen LogP contribution < -0.4 is 11.1 Å². The van der Waals surface area contributed by atoms with Gasteiger partial charge >= 0.3 is 5.97 Å². The van der Waals surface area contributed by atoms with Crippen molar-refractivity contribution in [1.29, 1.82) is 0 Å². The molecule has 6 heteroatoms. The normalized spacial score (nSPS) is 17.4. The number of oxazole rings is 1. The van der Waals surface area contributed by atoms with E-state index in [0.717, 1.165) is 12.1 Å². The van der Waals surface area contributed by atoms with E-state index in [4.69, 9.17) is 14.9 Å². The van der Waals surface area contributed by atoms with Gasteiger partial charge in [0.05, 0.1) is 0 Å². The van der Waals surface area contributed by atoms with E-state index in [0.29, 0.717) is 17.6 Å². The molecule has 0 bridgehead atoms. The first-order valence-corrected chi connectivity index (χ1v) is 9.68. The molecule has 1 aromatic heterocycles. The van der Waals surface area contributed by atoms with E-state index in [9.17, 15) is 4.79 Å². The van der Waals surface area contributed by atoms with E-state index < -0.39 is 11.6 Å². The number of aromatic nitrogens is 1. The summed E-state index contributed by atoms with van der Waals surface area (Å²) in [5, 5.41) is 3.35. The number of rotatable bonds is 7. The van der Waals surface area contributed by atoms with Crippen LogP contribution in [-0.2, 0) is 17.0 Å². The van der Waals surface area contributed by atoms with Gasteiger partial charge in [-0.25, -0.2) is 9.78 Å². The highest BCUT2D eigenvalue weighted by Gasteiger charge is 2.31. The molecule has 1 atom stereocenters. The Bertz CT molecular complexity index is 749. The van der Waals surface area contributed by atoms with Gasteiger partial charge in [0.15, 0.2) is 5.69 Å². The Kier molecular flexibility index (Phi) is 6.29. The fourth-order valence-electron chi connectivity index (χ4n) is 3.42. The van der Waals surface area contributed by atoms with Crippen molar-refractivity contribution >= 4 is 5.97 Å². The lowest BCUT2D eigenvalue weighted by molar-refractivity contribution is 0.0464. The van der Waals surface area contributed by atoms with Crippen molar-refractivity contribution in [3.63, 3.8) is 0 Å². The number of hydrogen-bond donors (Lipinski definition) is 2. The number of nitrogens with one attached hydrogen (secondary N) is 1. The zero-order chi connectivity index (χ0) is 19.3. The molecular formula is C21H29N3O3. The van der Waals surface area contributed by atoms with E-state index in [1.807, 2.05) is 37.3 Å². The highest BCUT2D eigenvalue weighted by atomic mass is 16.5. The third-order valence-electron chi connectivity index (χ3n) is 5.13. The Labute approximate surface area is 160 Å². The molecule has 146 valence electrons. The van der Waals surface area contributed by atoms with E-state index >= 15 is 0 Å². The van der Waals surface area contributed by atoms with Gasteiger partial charge in [-0.15, -0.1) is 0 Å². The van der Waals surface area contributed by atoms with Gasteiger partial charge in [0.1, 0.15) is 18.0 Å². The van der Waals surface area contributed by atoms with Crippen molar-refractivity contribution in [3.8, 4) is 0 Å². The summed E-state index contributed by atoms with van der Waals surface area (Å²) in [7, 11) is 0. The molecule has 0 aliphatic heterocycles. The summed E-state index contributed by atoms with van der Waals surface area (Å²) in [5.41, 5.74) is 6.55. The molecule has 1 aliphatic carbocycles. The molecule has 27 heavy (non-hydrogen) atoms. The van der Waals surface area contributed by atoms with Crippen molar-refractivity contribution in [2.75, 3.05) is 6.54 Å². The minimum Gasteiger partial charge on any atom is -0.456 e. The van der Waals surface area contributed by atoms with Crippen LogP contribution in [0.4, 0.5) is 0 Å². The SMILES string of the molecule is Cc1oc([C@](C)(N)NCC2CCCCC2)nc1C(=O)OCc1ccccc1. The average Bonchev–Trinajstić information content (AvgIpc) is 3.09. The van der Waals surface area contributed by atoms with Crippen LogP contribution in [0.1, 0.15) is 66.7 Å². The van der Waals surface area contributed by atoms with Crippen LogP contribution in [0.5, 0.6) is 0 Å². The number of nitrogens with two attached hydrogens (primary N) is 1. The molecule has 0 spiro atoms. The van der Waals surface area contributed by atoms with Gasteiger partial charge in [-0.1, -0.05) is 49.6 Å². The third kappa shape index (κ3) is 5.17. The van der Waals surface area contributed by atoms with Crippen molar-refractivity contribution in [2.45, 2.75) is 58.2 Å². The predicted octanol–water partition coefficient (Wildman–Crippen LogP) is 3.64. The monoisotopic (exact) mass is 371 g/mol. The zero-order valence-electron chi connectivity index (χ0n) is 16.2. The van der Waals surface area contributed by atoms with Gasteiger partial charge < -0.3 is 14.9 Å². The van der Waals surface area contributed by atoms with Gasteiger partial charge in [-0.2, -0.15) is 0 Å². The standard InChI is InChI=1S/C21H29N3O3/c1-15-18(19(25)26-14-17-11-7-4-8-12-17)24-20(27-15)21(2,22)23-13-16-9-5-3-6-10-16/h4,7-8,11-12,16,23H,3,5-6,9-10,13-14,22H2,1-2H3/t21-/m1/s1. The largest absolute Gasteiger partial charge is 0.456 e. The summed E-state index contributed by atoms with van der Waals surface area (Å²) in [5.74, 6) is 0.851. The van der Waals surface area contributed by atoms with Gasteiger partial charge in [0.25, 0.3) is 0 Å². The number of nitrogens with zero attached hydrogens (tertiary/aromatic N) is 1. The number of esters is 1. The van der Waals surface area contributed by atoms with Crippen molar-refractivity contribution in [2.24, 2.45) is 11.7 Å². The summed E-state index contributed by atoms with van der Waals surface area (Å²) >= 11 is 0. The summed E-state index contributed by atoms with van der Waals surface area (Å²) in [6.45, 7) is 4.54. The second-order valence-electron chi connectivity index (χ2n) is 7.57. The fourth-order valence-corrected chi connectivity index (χ4v) is 3.42. The van der Waals surface area contributed by atoms with Crippen LogP contribution in [0.25, 0.3) is 0 Å². The Hall–Kier alpha value is -2.18. The summed E-state index contributed by atoms with van der Waals surface area (Å²) < 4.78 is 11.0. The van der Waals surface area contributed by atoms with E-state index in [1.54, 1.807) is 6.92 Å². The van der Waals surface area contributed by atoms with Crippen molar-refractivity contribution in [3.05, 3.63) is 53.2 Å². The first-order valence-electron chi connectivity index (χ1n) is 9.68. The fraction of sp³-hybridized carbons (Fsp3) is 0.524. The van der Waals surface area contributed by atoms with Crippen LogP contribution in [-0.4, -0.2) is 17.5 Å². The molecular weight excluding hydrogens is 342 g/mol. The first-order chi connectivity index (χ1) is 13.0. The van der Waals surface area contributed by atoms with Crippen LogP contribution in [0, 0.1) is 12.8 Å². The maximum absolute atomic E-state index is 12.4. The predicted molar refractivity (Wildman–Crippen MR) is 103 cm³/mol. The molecule has 3 rings (SSSR count). The third-order valence-corrected chi connectivity index (χ3v) is 5.13. The van der Waals surface area contributed by atoms with E-state index in [2.05, 4.69) is 10.3 Å².